The molecule has 1 fully saturated rings. The Labute approximate surface area is 142 Å². The van der Waals surface area contributed by atoms with E-state index in [0.717, 1.165) is 43.2 Å². The SMILES string of the molecule is CN(C)C1=Nc2cc(N3CCC(Oc4ccncc4)C3)ccc2C1. The summed E-state index contributed by atoms with van der Waals surface area (Å²) in [4.78, 5) is 13.3. The van der Waals surface area contributed by atoms with Crippen molar-refractivity contribution in [3.63, 3.8) is 0 Å². The fourth-order valence-corrected chi connectivity index (χ4v) is 3.28. The third-order valence-corrected chi connectivity index (χ3v) is 4.65. The van der Waals surface area contributed by atoms with Crippen molar-refractivity contribution in [2.24, 2.45) is 4.99 Å². The van der Waals surface area contributed by atoms with E-state index in [-0.39, 0.29) is 6.10 Å². The lowest BCUT2D eigenvalue weighted by molar-refractivity contribution is 0.225. The van der Waals surface area contributed by atoms with E-state index in [2.05, 4.69) is 33.0 Å². The van der Waals surface area contributed by atoms with Crippen LogP contribution in [0.1, 0.15) is 12.0 Å². The number of aromatic nitrogens is 1. The van der Waals surface area contributed by atoms with Gasteiger partial charge in [0.25, 0.3) is 0 Å². The molecule has 0 amide bonds. The monoisotopic (exact) mass is 322 g/mol. The van der Waals surface area contributed by atoms with Crippen LogP contribution in [0.3, 0.4) is 0 Å². The van der Waals surface area contributed by atoms with Gasteiger partial charge in [-0.05, 0) is 29.8 Å². The number of benzene rings is 1. The highest BCUT2D eigenvalue weighted by molar-refractivity contribution is 5.92. The van der Waals surface area contributed by atoms with Gasteiger partial charge in [-0.25, -0.2) is 4.99 Å². The van der Waals surface area contributed by atoms with Crippen molar-refractivity contribution in [1.29, 1.82) is 0 Å². The molecule has 3 heterocycles. The number of anilines is 1. The summed E-state index contributed by atoms with van der Waals surface area (Å²) in [6.07, 6.45) is 5.72. The first kappa shape index (κ1) is 15.0. The Balaban J connectivity index is 1.45. The molecule has 0 spiro atoms. The van der Waals surface area contributed by atoms with Gasteiger partial charge in [0.1, 0.15) is 17.7 Å². The van der Waals surface area contributed by atoms with Crippen LogP contribution in [0.2, 0.25) is 0 Å². The molecule has 2 aromatic rings. The first-order chi connectivity index (χ1) is 11.7. The number of pyridine rings is 1. The molecule has 2 aliphatic heterocycles. The number of fused-ring (bicyclic) bond motifs is 1. The van der Waals surface area contributed by atoms with Gasteiger partial charge in [0.15, 0.2) is 0 Å². The Hall–Kier alpha value is -2.56. The lowest BCUT2D eigenvalue weighted by Crippen LogP contribution is -2.24. The molecular weight excluding hydrogens is 300 g/mol. The molecule has 2 aliphatic rings. The van der Waals surface area contributed by atoms with Gasteiger partial charge in [0.2, 0.25) is 0 Å². The highest BCUT2D eigenvalue weighted by Gasteiger charge is 2.25. The van der Waals surface area contributed by atoms with Crippen LogP contribution in [0, 0.1) is 0 Å². The fraction of sp³-hybridized carbons (Fsp3) is 0.368. The molecule has 0 radical (unpaired) electrons. The number of nitrogens with zero attached hydrogens (tertiary/aromatic N) is 4. The van der Waals surface area contributed by atoms with Crippen LogP contribution in [0.25, 0.3) is 0 Å². The summed E-state index contributed by atoms with van der Waals surface area (Å²) in [7, 11) is 4.10. The lowest BCUT2D eigenvalue weighted by Gasteiger charge is -2.19. The van der Waals surface area contributed by atoms with Gasteiger partial charge < -0.3 is 14.5 Å². The molecule has 24 heavy (non-hydrogen) atoms. The zero-order valence-electron chi connectivity index (χ0n) is 14.1. The third kappa shape index (κ3) is 2.94. The maximum atomic E-state index is 6.05. The van der Waals surface area contributed by atoms with Gasteiger partial charge in [-0.2, -0.15) is 0 Å². The molecule has 5 nitrogen and oxygen atoms in total. The molecule has 5 heteroatoms. The lowest BCUT2D eigenvalue weighted by atomic mass is 10.1. The normalized spacial score (nSPS) is 19.2. The summed E-state index contributed by atoms with van der Waals surface area (Å²) in [5, 5.41) is 0. The zero-order valence-corrected chi connectivity index (χ0v) is 14.1. The van der Waals surface area contributed by atoms with Gasteiger partial charge in [-0.15, -0.1) is 0 Å². The van der Waals surface area contributed by atoms with E-state index < -0.39 is 0 Å². The zero-order chi connectivity index (χ0) is 16.5. The van der Waals surface area contributed by atoms with Crippen molar-refractivity contribution in [3.8, 4) is 5.75 Å². The Bertz CT molecular complexity index is 757. The van der Waals surface area contributed by atoms with E-state index in [4.69, 9.17) is 9.73 Å². The fourth-order valence-electron chi connectivity index (χ4n) is 3.28. The summed E-state index contributed by atoms with van der Waals surface area (Å²) in [6, 6.07) is 10.5. The summed E-state index contributed by atoms with van der Waals surface area (Å²) >= 11 is 0. The number of hydrogen-bond acceptors (Lipinski definition) is 5. The van der Waals surface area contributed by atoms with E-state index >= 15 is 0 Å². The average molecular weight is 322 g/mol. The summed E-state index contributed by atoms with van der Waals surface area (Å²) in [5.74, 6) is 2.02. The van der Waals surface area contributed by atoms with Crippen molar-refractivity contribution >= 4 is 17.2 Å². The molecule has 1 aromatic carbocycles. The largest absolute Gasteiger partial charge is 0.488 e. The number of aliphatic imine (C=N–C) groups is 1. The van der Waals surface area contributed by atoms with E-state index in [1.165, 1.54) is 11.3 Å². The molecule has 0 bridgehead atoms. The topological polar surface area (TPSA) is 41.0 Å². The van der Waals surface area contributed by atoms with Gasteiger partial charge in [-0.1, -0.05) is 6.07 Å². The van der Waals surface area contributed by atoms with Crippen LogP contribution in [0.5, 0.6) is 5.75 Å². The van der Waals surface area contributed by atoms with Crippen LogP contribution in [0.4, 0.5) is 11.4 Å². The molecule has 0 N–H and O–H groups in total. The molecule has 1 unspecified atom stereocenters. The van der Waals surface area contributed by atoms with Crippen LogP contribution < -0.4 is 9.64 Å². The minimum absolute atomic E-state index is 0.224. The molecule has 1 atom stereocenters. The Morgan fingerprint density at radius 2 is 2.00 bits per heavy atom. The van der Waals surface area contributed by atoms with Gasteiger partial charge in [0.05, 0.1) is 12.2 Å². The first-order valence-electron chi connectivity index (χ1n) is 8.38. The number of rotatable bonds is 3. The van der Waals surface area contributed by atoms with Gasteiger partial charge in [-0.3, -0.25) is 4.98 Å². The second-order valence-electron chi connectivity index (χ2n) is 6.57. The van der Waals surface area contributed by atoms with Crippen molar-refractivity contribution in [3.05, 3.63) is 48.3 Å². The van der Waals surface area contributed by atoms with E-state index in [9.17, 15) is 0 Å². The molecule has 1 aromatic heterocycles. The van der Waals surface area contributed by atoms with E-state index in [0.29, 0.717) is 0 Å². The van der Waals surface area contributed by atoms with Crippen LogP contribution in [0.15, 0.2) is 47.7 Å². The minimum Gasteiger partial charge on any atom is -0.488 e. The molecular formula is C19H22N4O. The highest BCUT2D eigenvalue weighted by Crippen LogP contribution is 2.33. The van der Waals surface area contributed by atoms with Gasteiger partial charge in [0, 0.05) is 51.6 Å². The maximum Gasteiger partial charge on any atom is 0.122 e. The van der Waals surface area contributed by atoms with Crippen molar-refractivity contribution in [2.45, 2.75) is 18.9 Å². The summed E-state index contributed by atoms with van der Waals surface area (Å²) in [5.41, 5.74) is 3.65. The second kappa shape index (κ2) is 6.15. The number of amidine groups is 1. The molecule has 124 valence electrons. The Morgan fingerprint density at radius 1 is 1.17 bits per heavy atom. The van der Waals surface area contributed by atoms with E-state index in [1.807, 2.05) is 26.2 Å². The summed E-state index contributed by atoms with van der Waals surface area (Å²) in [6.45, 7) is 1.92. The second-order valence-corrected chi connectivity index (χ2v) is 6.57. The van der Waals surface area contributed by atoms with Crippen LogP contribution in [-0.2, 0) is 6.42 Å². The van der Waals surface area contributed by atoms with Crippen molar-refractivity contribution in [2.75, 3.05) is 32.1 Å². The standard InChI is InChI=1S/C19H22N4O/c1-22(2)19-11-14-3-4-15(12-18(14)21-19)23-10-7-17(13-23)24-16-5-8-20-9-6-16/h3-6,8-9,12,17H,7,10-11,13H2,1-2H3. The Morgan fingerprint density at radius 3 is 2.79 bits per heavy atom. The first-order valence-corrected chi connectivity index (χ1v) is 8.38. The molecule has 4 rings (SSSR count). The van der Waals surface area contributed by atoms with Crippen LogP contribution >= 0.6 is 0 Å². The van der Waals surface area contributed by atoms with Crippen LogP contribution in [-0.4, -0.2) is 49.0 Å². The van der Waals surface area contributed by atoms with Crippen molar-refractivity contribution in [1.82, 2.24) is 9.88 Å². The maximum absolute atomic E-state index is 6.05. The minimum atomic E-state index is 0.224. The summed E-state index contributed by atoms with van der Waals surface area (Å²) < 4.78 is 6.05. The molecule has 0 saturated carbocycles. The predicted octanol–water partition coefficient (Wildman–Crippen LogP) is 2.89. The molecule has 0 aliphatic carbocycles. The van der Waals surface area contributed by atoms with E-state index in [1.54, 1.807) is 12.4 Å². The third-order valence-electron chi connectivity index (χ3n) is 4.65. The number of ether oxygens (including phenoxy) is 1. The number of hydrogen-bond donors (Lipinski definition) is 0. The smallest absolute Gasteiger partial charge is 0.122 e. The van der Waals surface area contributed by atoms with Crippen molar-refractivity contribution < 1.29 is 4.74 Å². The van der Waals surface area contributed by atoms with Gasteiger partial charge >= 0.3 is 0 Å². The number of likely N-dealkylation sites (N-methyl/N-ethyl adjacent to an activating group) is 1. The quantitative estimate of drug-likeness (QED) is 0.871. The highest BCUT2D eigenvalue weighted by atomic mass is 16.5. The average Bonchev–Trinajstić information content (AvgIpc) is 3.21. The predicted molar refractivity (Wildman–Crippen MR) is 96.4 cm³/mol. The Kier molecular flexibility index (Phi) is 3.84. The molecule has 1 saturated heterocycles.